The lowest BCUT2D eigenvalue weighted by molar-refractivity contribution is 0.103. The number of hydrogen-bond donors (Lipinski definition) is 1. The Morgan fingerprint density at radius 2 is 1.93 bits per heavy atom. The Hall–Kier alpha value is -2.67. The Morgan fingerprint density at radius 1 is 1.17 bits per heavy atom. The summed E-state index contributed by atoms with van der Waals surface area (Å²) in [5, 5.41) is 3.42. The van der Waals surface area contributed by atoms with Crippen molar-refractivity contribution in [2.75, 3.05) is 11.9 Å². The SMILES string of the molecule is CCCCCCOc1ccc(NC(=O)c2sc3ncn(CC)c(=O)c3c2C)cc1. The summed E-state index contributed by atoms with van der Waals surface area (Å²) in [6, 6.07) is 7.36. The van der Waals surface area contributed by atoms with Crippen LogP contribution in [0.1, 0.15) is 54.8 Å². The minimum atomic E-state index is -0.235. The van der Waals surface area contributed by atoms with Gasteiger partial charge >= 0.3 is 0 Å². The van der Waals surface area contributed by atoms with Crippen molar-refractivity contribution in [1.82, 2.24) is 9.55 Å². The van der Waals surface area contributed by atoms with Gasteiger partial charge in [-0.25, -0.2) is 4.98 Å². The number of anilines is 1. The predicted molar refractivity (Wildman–Crippen MR) is 118 cm³/mol. The lowest BCUT2D eigenvalue weighted by Crippen LogP contribution is -2.19. The standard InChI is InChI=1S/C22H27N3O3S/c1-4-6-7-8-13-28-17-11-9-16(10-12-17)24-20(26)19-15(3)18-21(29-19)23-14-25(5-2)22(18)27/h9-12,14H,4-8,13H2,1-3H3,(H,24,26). The summed E-state index contributed by atoms with van der Waals surface area (Å²) in [5.41, 5.74) is 1.25. The highest BCUT2D eigenvalue weighted by molar-refractivity contribution is 7.20. The zero-order chi connectivity index (χ0) is 20.8. The maximum absolute atomic E-state index is 12.8. The molecule has 0 spiro atoms. The molecule has 0 atom stereocenters. The van der Waals surface area contributed by atoms with E-state index < -0.39 is 0 Å². The number of unbranched alkanes of at least 4 members (excludes halogenated alkanes) is 3. The Bertz CT molecular complexity index is 1040. The molecular formula is C22H27N3O3S. The van der Waals surface area contributed by atoms with E-state index in [-0.39, 0.29) is 11.5 Å². The van der Waals surface area contributed by atoms with E-state index in [4.69, 9.17) is 4.74 Å². The average Bonchev–Trinajstić information content (AvgIpc) is 3.07. The number of nitrogens with zero attached hydrogens (tertiary/aromatic N) is 2. The van der Waals surface area contributed by atoms with Crippen LogP contribution in [0.5, 0.6) is 5.75 Å². The second-order valence-corrected chi connectivity index (χ2v) is 7.96. The number of benzene rings is 1. The molecule has 29 heavy (non-hydrogen) atoms. The van der Waals surface area contributed by atoms with Gasteiger partial charge in [0.1, 0.15) is 10.6 Å². The molecule has 1 N–H and O–H groups in total. The number of carbonyl (C=O) groups excluding carboxylic acids is 1. The summed E-state index contributed by atoms with van der Waals surface area (Å²) < 4.78 is 7.28. The third-order valence-electron chi connectivity index (χ3n) is 4.84. The summed E-state index contributed by atoms with van der Waals surface area (Å²) in [4.78, 5) is 30.7. The summed E-state index contributed by atoms with van der Waals surface area (Å²) in [7, 11) is 0. The molecule has 0 aliphatic carbocycles. The van der Waals surface area contributed by atoms with Gasteiger partial charge in [-0.1, -0.05) is 26.2 Å². The largest absolute Gasteiger partial charge is 0.494 e. The third-order valence-corrected chi connectivity index (χ3v) is 6.04. The van der Waals surface area contributed by atoms with Crippen LogP contribution in [0.15, 0.2) is 35.4 Å². The Morgan fingerprint density at radius 3 is 2.62 bits per heavy atom. The molecule has 0 unspecified atom stereocenters. The molecule has 0 aliphatic rings. The molecule has 0 bridgehead atoms. The molecule has 0 radical (unpaired) electrons. The van der Waals surface area contributed by atoms with E-state index >= 15 is 0 Å². The van der Waals surface area contributed by atoms with Gasteiger partial charge in [-0.15, -0.1) is 11.3 Å². The van der Waals surface area contributed by atoms with Crippen molar-refractivity contribution in [3.63, 3.8) is 0 Å². The van der Waals surface area contributed by atoms with Crippen LogP contribution >= 0.6 is 11.3 Å². The summed E-state index contributed by atoms with van der Waals surface area (Å²) in [5.74, 6) is 0.558. The molecule has 0 fully saturated rings. The van der Waals surface area contributed by atoms with Crippen molar-refractivity contribution < 1.29 is 9.53 Å². The fraction of sp³-hybridized carbons (Fsp3) is 0.409. The van der Waals surface area contributed by atoms with Crippen molar-refractivity contribution >= 4 is 33.1 Å². The number of nitrogens with one attached hydrogen (secondary N) is 1. The number of aryl methyl sites for hydroxylation is 2. The van der Waals surface area contributed by atoms with Gasteiger partial charge in [0, 0.05) is 12.2 Å². The monoisotopic (exact) mass is 413 g/mol. The predicted octanol–water partition coefficient (Wildman–Crippen LogP) is 5.00. The first kappa shape index (κ1) is 21.0. The highest BCUT2D eigenvalue weighted by Crippen LogP contribution is 2.28. The van der Waals surface area contributed by atoms with Crippen molar-refractivity contribution in [3.05, 3.63) is 51.4 Å². The van der Waals surface area contributed by atoms with Gasteiger partial charge < -0.3 is 10.1 Å². The Kier molecular flexibility index (Phi) is 7.04. The summed E-state index contributed by atoms with van der Waals surface area (Å²) in [6.45, 7) is 7.13. The van der Waals surface area contributed by atoms with Gasteiger partial charge in [0.2, 0.25) is 0 Å². The molecule has 7 heteroatoms. The average molecular weight is 414 g/mol. The molecule has 0 saturated heterocycles. The lowest BCUT2D eigenvalue weighted by Gasteiger charge is -2.08. The summed E-state index contributed by atoms with van der Waals surface area (Å²) in [6.07, 6.45) is 6.19. The van der Waals surface area contributed by atoms with Crippen molar-refractivity contribution in [2.24, 2.45) is 0 Å². The highest BCUT2D eigenvalue weighted by Gasteiger charge is 2.19. The maximum atomic E-state index is 12.8. The van der Waals surface area contributed by atoms with E-state index in [1.54, 1.807) is 11.5 Å². The Labute approximate surface area is 174 Å². The van der Waals surface area contributed by atoms with E-state index in [0.29, 0.717) is 39.5 Å². The quantitative estimate of drug-likeness (QED) is 0.501. The molecule has 3 rings (SSSR count). The molecule has 1 amide bonds. The number of aromatic nitrogens is 2. The van der Waals surface area contributed by atoms with Crippen LogP contribution in [-0.4, -0.2) is 22.1 Å². The number of fused-ring (bicyclic) bond motifs is 1. The van der Waals surface area contributed by atoms with Gasteiger partial charge in [0.15, 0.2) is 0 Å². The van der Waals surface area contributed by atoms with Crippen LogP contribution in [0.2, 0.25) is 0 Å². The van der Waals surface area contributed by atoms with Crippen molar-refractivity contribution in [1.29, 1.82) is 0 Å². The van der Waals surface area contributed by atoms with E-state index in [9.17, 15) is 9.59 Å². The molecule has 2 heterocycles. The summed E-state index contributed by atoms with van der Waals surface area (Å²) >= 11 is 1.24. The minimum Gasteiger partial charge on any atom is -0.494 e. The van der Waals surface area contributed by atoms with Gasteiger partial charge in [-0.05, 0) is 50.1 Å². The zero-order valence-electron chi connectivity index (χ0n) is 17.2. The zero-order valence-corrected chi connectivity index (χ0v) is 18.0. The van der Waals surface area contributed by atoms with Gasteiger partial charge in [0.25, 0.3) is 11.5 Å². The van der Waals surface area contributed by atoms with Crippen LogP contribution in [0.3, 0.4) is 0 Å². The van der Waals surface area contributed by atoms with E-state index in [1.807, 2.05) is 31.2 Å². The molecule has 1 aromatic carbocycles. The maximum Gasteiger partial charge on any atom is 0.266 e. The molecule has 0 saturated carbocycles. The second kappa shape index (κ2) is 9.69. The smallest absolute Gasteiger partial charge is 0.266 e. The molecule has 154 valence electrons. The fourth-order valence-corrected chi connectivity index (χ4v) is 4.18. The van der Waals surface area contributed by atoms with Crippen molar-refractivity contribution in [3.8, 4) is 5.75 Å². The van der Waals surface area contributed by atoms with Crippen LogP contribution in [0, 0.1) is 6.92 Å². The molecule has 2 aromatic heterocycles. The first-order valence-corrected chi connectivity index (χ1v) is 10.9. The second-order valence-electron chi connectivity index (χ2n) is 6.96. The number of ether oxygens (including phenoxy) is 1. The highest BCUT2D eigenvalue weighted by atomic mass is 32.1. The van der Waals surface area contributed by atoms with Crippen LogP contribution in [0.4, 0.5) is 5.69 Å². The van der Waals surface area contributed by atoms with Gasteiger partial charge in [0.05, 0.1) is 23.2 Å². The van der Waals surface area contributed by atoms with E-state index in [1.165, 1.54) is 36.9 Å². The Balaban J connectivity index is 1.68. The molecule has 0 aliphatic heterocycles. The molecule has 6 nitrogen and oxygen atoms in total. The number of thiophene rings is 1. The molecular weight excluding hydrogens is 386 g/mol. The van der Waals surface area contributed by atoms with Crippen LogP contribution in [0.25, 0.3) is 10.2 Å². The van der Waals surface area contributed by atoms with Crippen molar-refractivity contribution in [2.45, 2.75) is 53.0 Å². The lowest BCUT2D eigenvalue weighted by atomic mass is 10.2. The topological polar surface area (TPSA) is 73.2 Å². The van der Waals surface area contributed by atoms with Crippen LogP contribution < -0.4 is 15.6 Å². The number of rotatable bonds is 9. The number of hydrogen-bond acceptors (Lipinski definition) is 5. The fourth-order valence-electron chi connectivity index (χ4n) is 3.14. The molecule has 3 aromatic rings. The van der Waals surface area contributed by atoms with Gasteiger partial charge in [-0.3, -0.25) is 14.2 Å². The first-order chi connectivity index (χ1) is 14.0. The minimum absolute atomic E-state index is 0.106. The van der Waals surface area contributed by atoms with E-state index in [2.05, 4.69) is 17.2 Å². The number of carbonyl (C=O) groups is 1. The normalized spacial score (nSPS) is 11.0. The third kappa shape index (κ3) is 4.85. The first-order valence-electron chi connectivity index (χ1n) is 10.1. The number of amides is 1. The van der Waals surface area contributed by atoms with E-state index in [0.717, 1.165) is 12.2 Å². The van der Waals surface area contributed by atoms with Crippen LogP contribution in [-0.2, 0) is 6.54 Å². The van der Waals surface area contributed by atoms with Gasteiger partial charge in [-0.2, -0.15) is 0 Å².